The van der Waals surface area contributed by atoms with E-state index in [9.17, 15) is 13.2 Å². The Bertz CT molecular complexity index is 352. The second-order valence-corrected chi connectivity index (χ2v) is 3.80. The van der Waals surface area contributed by atoms with Crippen LogP contribution in [-0.2, 0) is 12.6 Å². The lowest BCUT2D eigenvalue weighted by molar-refractivity contribution is -0.137. The van der Waals surface area contributed by atoms with Gasteiger partial charge in [0.1, 0.15) is 0 Å². The maximum atomic E-state index is 12.3. The van der Waals surface area contributed by atoms with Gasteiger partial charge in [0.15, 0.2) is 0 Å². The van der Waals surface area contributed by atoms with Crippen molar-refractivity contribution in [1.29, 1.82) is 0 Å². The fraction of sp³-hybridized carbons (Fsp3) is 0.500. The molecule has 2 N–H and O–H groups in total. The average molecular weight is 253 g/mol. The summed E-state index contributed by atoms with van der Waals surface area (Å²) in [6.07, 6.45) is -1.46. The van der Waals surface area contributed by atoms with Crippen LogP contribution in [0.2, 0.25) is 5.02 Å². The van der Waals surface area contributed by atoms with Crippen molar-refractivity contribution in [2.45, 2.75) is 25.4 Å². The summed E-state index contributed by atoms with van der Waals surface area (Å²) in [4.78, 5) is 3.72. The molecule has 1 aromatic rings. The maximum absolute atomic E-state index is 12.3. The third kappa shape index (κ3) is 3.64. The Balaban J connectivity index is 2.76. The van der Waals surface area contributed by atoms with E-state index >= 15 is 0 Å². The highest BCUT2D eigenvalue weighted by molar-refractivity contribution is 6.31. The number of hydrogen-bond acceptors (Lipinski definition) is 2. The standard InChI is InChI=1S/C10H12ClF3N2/c11-8-5-7(10(12,13)14)6-16-9(8)3-1-2-4-15/h5-6H,1-4,15H2. The molecule has 0 fully saturated rings. The Hall–Kier alpha value is -0.810. The Kier molecular flexibility index (Phi) is 4.56. The maximum Gasteiger partial charge on any atom is 0.417 e. The number of aromatic nitrogens is 1. The second kappa shape index (κ2) is 5.50. The molecule has 1 rings (SSSR count). The van der Waals surface area contributed by atoms with Crippen molar-refractivity contribution in [2.75, 3.05) is 6.54 Å². The van der Waals surface area contributed by atoms with Crippen LogP contribution in [-0.4, -0.2) is 11.5 Å². The quantitative estimate of drug-likeness (QED) is 0.837. The van der Waals surface area contributed by atoms with Crippen LogP contribution in [0.3, 0.4) is 0 Å². The topological polar surface area (TPSA) is 38.9 Å². The van der Waals surface area contributed by atoms with E-state index < -0.39 is 11.7 Å². The second-order valence-electron chi connectivity index (χ2n) is 3.40. The van der Waals surface area contributed by atoms with E-state index in [2.05, 4.69) is 4.98 Å². The number of unbranched alkanes of at least 4 members (excludes halogenated alkanes) is 1. The molecule has 0 aliphatic heterocycles. The number of pyridine rings is 1. The van der Waals surface area contributed by atoms with Crippen LogP contribution in [0.1, 0.15) is 24.1 Å². The zero-order chi connectivity index (χ0) is 12.2. The van der Waals surface area contributed by atoms with Crippen LogP contribution < -0.4 is 5.73 Å². The zero-order valence-corrected chi connectivity index (χ0v) is 9.28. The molecule has 6 heteroatoms. The fourth-order valence-electron chi connectivity index (χ4n) is 1.24. The van der Waals surface area contributed by atoms with Crippen molar-refractivity contribution in [2.24, 2.45) is 5.73 Å². The van der Waals surface area contributed by atoms with Gasteiger partial charge in [-0.15, -0.1) is 0 Å². The largest absolute Gasteiger partial charge is 0.417 e. The van der Waals surface area contributed by atoms with Gasteiger partial charge in [-0.05, 0) is 31.9 Å². The molecule has 0 saturated carbocycles. The van der Waals surface area contributed by atoms with Gasteiger partial charge < -0.3 is 5.73 Å². The highest BCUT2D eigenvalue weighted by Gasteiger charge is 2.31. The summed E-state index contributed by atoms with van der Waals surface area (Å²) in [5.74, 6) is 0. The lowest BCUT2D eigenvalue weighted by Crippen LogP contribution is -2.07. The van der Waals surface area contributed by atoms with E-state index in [4.69, 9.17) is 17.3 Å². The van der Waals surface area contributed by atoms with Gasteiger partial charge in [0, 0.05) is 6.20 Å². The molecule has 0 aliphatic carbocycles. The summed E-state index contributed by atoms with van der Waals surface area (Å²) in [5.41, 5.74) is 4.98. The molecular formula is C10H12ClF3N2. The van der Waals surface area contributed by atoms with E-state index in [0.717, 1.165) is 25.1 Å². The van der Waals surface area contributed by atoms with Crippen LogP contribution >= 0.6 is 11.6 Å². The minimum Gasteiger partial charge on any atom is -0.330 e. The van der Waals surface area contributed by atoms with Crippen LogP contribution in [0.4, 0.5) is 13.2 Å². The minimum atomic E-state index is -4.40. The summed E-state index contributed by atoms with van der Waals surface area (Å²) in [5, 5.41) is 0.0619. The predicted molar refractivity (Wildman–Crippen MR) is 56.2 cm³/mol. The van der Waals surface area contributed by atoms with Crippen LogP contribution in [0.5, 0.6) is 0 Å². The summed E-state index contributed by atoms with van der Waals surface area (Å²) >= 11 is 5.72. The molecule has 0 bridgehead atoms. The molecule has 0 saturated heterocycles. The molecule has 90 valence electrons. The molecule has 2 nitrogen and oxygen atoms in total. The summed E-state index contributed by atoms with van der Waals surface area (Å²) < 4.78 is 36.9. The van der Waals surface area contributed by atoms with Gasteiger partial charge in [0.05, 0.1) is 16.3 Å². The lowest BCUT2D eigenvalue weighted by Gasteiger charge is -2.08. The van der Waals surface area contributed by atoms with Crippen molar-refractivity contribution in [3.63, 3.8) is 0 Å². The van der Waals surface area contributed by atoms with Crippen LogP contribution in [0, 0.1) is 0 Å². The summed E-state index contributed by atoms with van der Waals surface area (Å²) in [6, 6.07) is 0.909. The monoisotopic (exact) mass is 252 g/mol. The van der Waals surface area contributed by atoms with Gasteiger partial charge in [-0.1, -0.05) is 11.6 Å². The third-order valence-corrected chi connectivity index (χ3v) is 2.44. The number of hydrogen-bond donors (Lipinski definition) is 1. The molecule has 0 amide bonds. The molecule has 0 aliphatic rings. The van der Waals surface area contributed by atoms with Crippen molar-refractivity contribution >= 4 is 11.6 Å². The predicted octanol–water partition coefficient (Wildman–Crippen LogP) is 3.04. The number of halogens is 4. The van der Waals surface area contributed by atoms with Gasteiger partial charge in [0.25, 0.3) is 0 Å². The molecular weight excluding hydrogens is 241 g/mol. The molecule has 0 spiro atoms. The Morgan fingerprint density at radius 3 is 2.50 bits per heavy atom. The Morgan fingerprint density at radius 2 is 2.00 bits per heavy atom. The van der Waals surface area contributed by atoms with E-state index in [1.807, 2.05) is 0 Å². The van der Waals surface area contributed by atoms with Gasteiger partial charge in [-0.25, -0.2) is 0 Å². The number of nitrogens with two attached hydrogens (primary N) is 1. The van der Waals surface area contributed by atoms with Crippen LogP contribution in [0.25, 0.3) is 0 Å². The first-order chi connectivity index (χ1) is 7.45. The number of nitrogens with zero attached hydrogens (tertiary/aromatic N) is 1. The summed E-state index contributed by atoms with van der Waals surface area (Å²) in [7, 11) is 0. The van der Waals surface area contributed by atoms with Gasteiger partial charge >= 0.3 is 6.18 Å². The van der Waals surface area contributed by atoms with Crippen molar-refractivity contribution in [3.8, 4) is 0 Å². The van der Waals surface area contributed by atoms with Crippen molar-refractivity contribution in [1.82, 2.24) is 4.98 Å². The molecule has 0 radical (unpaired) electrons. The third-order valence-electron chi connectivity index (χ3n) is 2.11. The Labute approximate surface area is 96.6 Å². The molecule has 0 unspecified atom stereocenters. The molecule has 0 atom stereocenters. The van der Waals surface area contributed by atoms with E-state index in [-0.39, 0.29) is 5.02 Å². The first kappa shape index (κ1) is 13.3. The van der Waals surface area contributed by atoms with E-state index in [1.54, 1.807) is 0 Å². The Morgan fingerprint density at radius 1 is 1.31 bits per heavy atom. The fourth-order valence-corrected chi connectivity index (χ4v) is 1.50. The van der Waals surface area contributed by atoms with Gasteiger partial charge in [0.2, 0.25) is 0 Å². The normalized spacial score (nSPS) is 11.8. The molecule has 0 aromatic carbocycles. The van der Waals surface area contributed by atoms with E-state index in [1.165, 1.54) is 0 Å². The first-order valence-corrected chi connectivity index (χ1v) is 5.24. The van der Waals surface area contributed by atoms with Crippen LogP contribution in [0.15, 0.2) is 12.3 Å². The highest BCUT2D eigenvalue weighted by Crippen LogP contribution is 2.31. The lowest BCUT2D eigenvalue weighted by atomic mass is 10.1. The number of alkyl halides is 3. The molecule has 1 aromatic heterocycles. The van der Waals surface area contributed by atoms with E-state index in [0.29, 0.717) is 18.7 Å². The highest BCUT2D eigenvalue weighted by atomic mass is 35.5. The number of rotatable bonds is 4. The number of aryl methyl sites for hydroxylation is 1. The average Bonchev–Trinajstić information content (AvgIpc) is 2.19. The molecule has 1 heterocycles. The first-order valence-electron chi connectivity index (χ1n) is 4.87. The smallest absolute Gasteiger partial charge is 0.330 e. The van der Waals surface area contributed by atoms with Crippen molar-refractivity contribution in [3.05, 3.63) is 28.5 Å². The summed E-state index contributed by atoms with van der Waals surface area (Å²) in [6.45, 7) is 0.554. The molecule has 16 heavy (non-hydrogen) atoms. The van der Waals surface area contributed by atoms with Crippen molar-refractivity contribution < 1.29 is 13.2 Å². The van der Waals surface area contributed by atoms with Gasteiger partial charge in [-0.2, -0.15) is 13.2 Å². The zero-order valence-electron chi connectivity index (χ0n) is 8.52. The SMILES string of the molecule is NCCCCc1ncc(C(F)(F)F)cc1Cl. The van der Waals surface area contributed by atoms with Gasteiger partial charge in [-0.3, -0.25) is 4.98 Å². The minimum absolute atomic E-state index is 0.0619.